The van der Waals surface area contributed by atoms with E-state index < -0.39 is 30.5 Å². The minimum Gasteiger partial charge on any atom is -0.257 e. The van der Waals surface area contributed by atoms with E-state index in [1.165, 1.54) is 0 Å². The lowest BCUT2D eigenvalue weighted by Crippen LogP contribution is -1.86. The fourth-order valence-corrected chi connectivity index (χ4v) is 0.693. The molecule has 52 valence electrons. The normalized spacial score (nSPS) is 40.7. The first-order valence-corrected chi connectivity index (χ1v) is 3.38. The van der Waals surface area contributed by atoms with Crippen LogP contribution in [0.15, 0.2) is 16.9 Å². The number of nitrogens with zero attached hydrogens (tertiary/aromatic N) is 2. The molecule has 1 aromatic heterocycles. The summed E-state index contributed by atoms with van der Waals surface area (Å²) in [7, 11) is 0. The summed E-state index contributed by atoms with van der Waals surface area (Å²) in [6.07, 6.45) is -5.72. The monoisotopic (exact) mass is 205 g/mol. The lowest BCUT2D eigenvalue weighted by molar-refractivity contribution is 0.977. The smallest absolute Gasteiger partial charge is 0.124 e. The molecule has 0 unspecified atom stereocenters. The van der Waals surface area contributed by atoms with E-state index in [4.69, 9.17) is 9.60 Å². The average molecular weight is 206 g/mol. The number of rotatable bonds is 1. The van der Waals surface area contributed by atoms with Crippen molar-refractivity contribution in [3.63, 3.8) is 0 Å². The second-order valence-electron chi connectivity index (χ2n) is 1.71. The molecule has 0 atom stereocenters. The minimum absolute atomic E-state index is 0.0108. The summed E-state index contributed by atoms with van der Waals surface area (Å²) < 4.78 is 52.5. The van der Waals surface area contributed by atoms with Gasteiger partial charge >= 0.3 is 0 Å². The fourth-order valence-electron chi connectivity index (χ4n) is 0.516. The van der Waals surface area contributed by atoms with Crippen LogP contribution in [0.4, 0.5) is 0 Å². The Bertz CT molecular complexity index is 489. The van der Waals surface area contributed by atoms with Crippen LogP contribution >= 0.6 is 15.9 Å². The van der Waals surface area contributed by atoms with Crippen LogP contribution in [-0.4, -0.2) is 9.97 Å². The number of hydrogen-bond acceptors (Lipinski definition) is 2. The van der Waals surface area contributed by atoms with Gasteiger partial charge in [-0.2, -0.15) is 0 Å². The van der Waals surface area contributed by atoms with E-state index in [9.17, 15) is 0 Å². The summed E-state index contributed by atoms with van der Waals surface area (Å²) >= 11 is 2.89. The number of hydrogen-bond donors (Lipinski definition) is 0. The van der Waals surface area contributed by atoms with Gasteiger partial charge in [0.1, 0.15) is 4.60 Å². The van der Waals surface area contributed by atoms with Crippen molar-refractivity contribution in [2.45, 2.75) is 18.6 Å². The Morgan fingerprint density at radius 3 is 3.20 bits per heavy atom. The third-order valence-corrected chi connectivity index (χ3v) is 1.36. The van der Waals surface area contributed by atoms with Gasteiger partial charge < -0.3 is 0 Å². The first-order valence-electron chi connectivity index (χ1n) is 6.08. The Morgan fingerprint density at radius 2 is 2.50 bits per heavy atom. The molecule has 0 aliphatic heterocycles. The first kappa shape index (κ1) is 2.27. The molecule has 1 fully saturated rings. The van der Waals surface area contributed by atoms with Crippen LogP contribution in [0.5, 0.6) is 0 Å². The number of halogens is 1. The Morgan fingerprint density at radius 1 is 1.70 bits per heavy atom. The van der Waals surface area contributed by atoms with E-state index >= 15 is 0 Å². The third kappa shape index (κ3) is 1.19. The van der Waals surface area contributed by atoms with Gasteiger partial charge in [0, 0.05) is 18.9 Å². The molecule has 2 nitrogen and oxygen atoms in total. The Hall–Kier alpha value is -0.440. The van der Waals surface area contributed by atoms with E-state index in [1.807, 2.05) is 0 Å². The summed E-state index contributed by atoms with van der Waals surface area (Å²) in [4.78, 5) is 7.19. The molecule has 1 aliphatic carbocycles. The largest absolute Gasteiger partial charge is 0.257 e. The molecule has 1 saturated carbocycles. The minimum atomic E-state index is -2.44. The van der Waals surface area contributed by atoms with Gasteiger partial charge in [-0.05, 0) is 28.7 Å². The summed E-state index contributed by atoms with van der Waals surface area (Å²) in [6.45, 7) is 0. The van der Waals surface area contributed by atoms with Crippen molar-refractivity contribution in [2.75, 3.05) is 0 Å². The van der Waals surface area contributed by atoms with E-state index in [2.05, 4.69) is 25.9 Å². The Balaban J connectivity index is 2.62. The maximum absolute atomic E-state index is 7.83. The van der Waals surface area contributed by atoms with Crippen LogP contribution in [0.25, 0.3) is 0 Å². The van der Waals surface area contributed by atoms with Crippen molar-refractivity contribution < 1.29 is 9.60 Å². The van der Waals surface area contributed by atoms with Gasteiger partial charge in [-0.1, -0.05) is 0 Å². The predicted molar refractivity (Wildman–Crippen MR) is 41.7 cm³/mol. The van der Waals surface area contributed by atoms with Crippen LogP contribution in [-0.2, 0) is 0 Å². The van der Waals surface area contributed by atoms with Crippen LogP contribution in [0, 0.1) is 0 Å². The zero-order valence-electron chi connectivity index (χ0n) is 11.8. The van der Waals surface area contributed by atoms with Crippen molar-refractivity contribution >= 4 is 15.9 Å². The molecule has 10 heavy (non-hydrogen) atoms. The highest BCUT2D eigenvalue weighted by Crippen LogP contribution is 2.38. The van der Waals surface area contributed by atoms with Crippen LogP contribution in [0.1, 0.15) is 33.9 Å². The molecule has 0 aromatic carbocycles. The summed E-state index contributed by atoms with van der Waals surface area (Å²) in [5, 5.41) is 0. The van der Waals surface area contributed by atoms with Gasteiger partial charge in [-0.15, -0.1) is 0 Å². The van der Waals surface area contributed by atoms with Crippen LogP contribution in [0.2, 0.25) is 0 Å². The lowest BCUT2D eigenvalue weighted by Gasteiger charge is -1.93. The molecule has 1 aromatic rings. The van der Waals surface area contributed by atoms with E-state index in [-0.39, 0.29) is 10.8 Å². The molecule has 2 rings (SSSR count). The highest BCUT2D eigenvalue weighted by molar-refractivity contribution is 9.10. The standard InChI is InChI=1S/C7H7BrN2/c8-7-4-9-6(3-10-7)5-1-2-5/h3-5H,1-2H2/i1D2,2D2,3D,4D,5D. The van der Waals surface area contributed by atoms with Crippen molar-refractivity contribution in [3.05, 3.63) is 22.6 Å². The van der Waals surface area contributed by atoms with E-state index in [0.29, 0.717) is 0 Å². The maximum atomic E-state index is 7.83. The quantitative estimate of drug-likeness (QED) is 0.703. The second kappa shape index (κ2) is 2.31. The Kier molecular flexibility index (Phi) is 0.524. The molecule has 0 saturated heterocycles. The molecule has 0 spiro atoms. The molecular formula is C7H7BrN2. The van der Waals surface area contributed by atoms with Gasteiger partial charge in [0.2, 0.25) is 0 Å². The van der Waals surface area contributed by atoms with Gasteiger partial charge in [-0.3, -0.25) is 4.98 Å². The van der Waals surface area contributed by atoms with Gasteiger partial charge in [0.25, 0.3) is 0 Å². The molecule has 1 heterocycles. The summed E-state index contributed by atoms with van der Waals surface area (Å²) in [6, 6.07) is 0. The van der Waals surface area contributed by atoms with Crippen LogP contribution in [0.3, 0.4) is 0 Å². The molecule has 1 aliphatic rings. The molecule has 0 N–H and O–H groups in total. The first-order chi connectivity index (χ1) is 7.57. The van der Waals surface area contributed by atoms with Gasteiger partial charge in [0.05, 0.1) is 14.6 Å². The molecule has 0 radical (unpaired) electrons. The Labute approximate surface area is 77.7 Å². The SMILES string of the molecule is [2H]c1nc(C2([2H])C([2H])([2H])C2([2H])[2H])c([2H])nc1Br. The predicted octanol–water partition coefficient (Wildman–Crippen LogP) is 2.12. The highest BCUT2D eigenvalue weighted by atomic mass is 79.9. The van der Waals surface area contributed by atoms with Gasteiger partial charge in [-0.25, -0.2) is 4.98 Å². The summed E-state index contributed by atoms with van der Waals surface area (Å²) in [5.41, 5.74) is -0.444. The maximum Gasteiger partial charge on any atom is 0.124 e. The zero-order chi connectivity index (χ0) is 13.2. The summed E-state index contributed by atoms with van der Waals surface area (Å²) in [5.74, 6) is -2.28. The molecule has 0 bridgehead atoms. The second-order valence-corrected chi connectivity index (χ2v) is 2.46. The lowest BCUT2D eigenvalue weighted by atomic mass is 10.3. The fraction of sp³-hybridized carbons (Fsp3) is 0.429. The van der Waals surface area contributed by atoms with Crippen molar-refractivity contribution in [2.24, 2.45) is 0 Å². The van der Waals surface area contributed by atoms with Crippen LogP contribution < -0.4 is 0 Å². The molecule has 3 heteroatoms. The van der Waals surface area contributed by atoms with Gasteiger partial charge in [0.15, 0.2) is 0 Å². The molecule has 0 amide bonds. The van der Waals surface area contributed by atoms with E-state index in [0.717, 1.165) is 0 Å². The zero-order valence-corrected chi connectivity index (χ0v) is 6.36. The van der Waals surface area contributed by atoms with Crippen molar-refractivity contribution in [3.8, 4) is 0 Å². The molecular weight excluding hydrogens is 192 g/mol. The average Bonchev–Trinajstić information content (AvgIpc) is 2.51. The number of aromatic nitrogens is 2. The highest BCUT2D eigenvalue weighted by Gasteiger charge is 2.24. The van der Waals surface area contributed by atoms with Crippen molar-refractivity contribution in [1.82, 2.24) is 9.97 Å². The van der Waals surface area contributed by atoms with Crippen molar-refractivity contribution in [1.29, 1.82) is 0 Å². The van der Waals surface area contributed by atoms with E-state index in [1.54, 1.807) is 0 Å². The topological polar surface area (TPSA) is 25.8 Å². The third-order valence-electron chi connectivity index (χ3n) is 1.01.